The van der Waals surface area contributed by atoms with Gasteiger partial charge in [0, 0.05) is 23.7 Å². The molecule has 0 saturated carbocycles. The van der Waals surface area contributed by atoms with Crippen LogP contribution < -0.4 is 4.74 Å². The molecule has 0 radical (unpaired) electrons. The van der Waals surface area contributed by atoms with Crippen molar-refractivity contribution < 1.29 is 14.1 Å². The summed E-state index contributed by atoms with van der Waals surface area (Å²) in [5, 5.41) is 4.66. The maximum absolute atomic E-state index is 13.0. The van der Waals surface area contributed by atoms with E-state index in [2.05, 4.69) is 10.1 Å². The highest BCUT2D eigenvalue weighted by molar-refractivity contribution is 6.30. The Bertz CT molecular complexity index is 1220. The van der Waals surface area contributed by atoms with Crippen LogP contribution >= 0.6 is 11.6 Å². The second kappa shape index (κ2) is 8.24. The second-order valence-corrected chi connectivity index (χ2v) is 7.72. The predicted octanol–water partition coefficient (Wildman–Crippen LogP) is 5.42. The molecule has 0 aliphatic carbocycles. The molecule has 0 bridgehead atoms. The van der Waals surface area contributed by atoms with Gasteiger partial charge in [-0.05, 0) is 36.4 Å². The Morgan fingerprint density at radius 3 is 2.58 bits per heavy atom. The number of likely N-dealkylation sites (tertiary alicyclic amines) is 1. The van der Waals surface area contributed by atoms with Crippen molar-refractivity contribution in [2.24, 2.45) is 0 Å². The largest absolute Gasteiger partial charge is 0.457 e. The zero-order valence-corrected chi connectivity index (χ0v) is 17.2. The number of rotatable bonds is 5. The lowest BCUT2D eigenvalue weighted by atomic mass is 9.98. The Morgan fingerprint density at radius 2 is 1.77 bits per heavy atom. The average Bonchev–Trinajstić information content (AvgIpc) is 3.23. The zero-order chi connectivity index (χ0) is 21.2. The molecule has 5 rings (SSSR count). The monoisotopic (exact) mass is 431 g/mol. The van der Waals surface area contributed by atoms with E-state index in [1.165, 1.54) is 0 Å². The van der Waals surface area contributed by atoms with E-state index in [1.807, 2.05) is 54.6 Å². The van der Waals surface area contributed by atoms with Gasteiger partial charge in [0.1, 0.15) is 11.5 Å². The van der Waals surface area contributed by atoms with Gasteiger partial charge < -0.3 is 14.2 Å². The van der Waals surface area contributed by atoms with Gasteiger partial charge in [0.25, 0.3) is 5.91 Å². The van der Waals surface area contributed by atoms with Crippen LogP contribution in [0.1, 0.15) is 22.2 Å². The van der Waals surface area contributed by atoms with Crippen LogP contribution in [-0.4, -0.2) is 34.0 Å². The number of benzene rings is 3. The minimum Gasteiger partial charge on any atom is -0.457 e. The summed E-state index contributed by atoms with van der Waals surface area (Å²) in [5.41, 5.74) is 1.32. The lowest BCUT2D eigenvalue weighted by Crippen LogP contribution is -2.48. The van der Waals surface area contributed by atoms with Crippen molar-refractivity contribution in [3.8, 4) is 22.9 Å². The summed E-state index contributed by atoms with van der Waals surface area (Å²) in [7, 11) is 0. The number of halogens is 1. The summed E-state index contributed by atoms with van der Waals surface area (Å²) in [4.78, 5) is 19.3. The first-order valence-corrected chi connectivity index (χ1v) is 10.3. The van der Waals surface area contributed by atoms with Gasteiger partial charge in [0.2, 0.25) is 11.7 Å². The number of amides is 1. The molecule has 1 aliphatic rings. The fraction of sp³-hybridized carbons (Fsp3) is 0.125. The lowest BCUT2D eigenvalue weighted by Gasteiger charge is -2.37. The first-order chi connectivity index (χ1) is 15.2. The van der Waals surface area contributed by atoms with Crippen molar-refractivity contribution in [1.29, 1.82) is 0 Å². The summed E-state index contributed by atoms with van der Waals surface area (Å²) in [6.07, 6.45) is 0. The van der Waals surface area contributed by atoms with Gasteiger partial charge in [0.15, 0.2) is 0 Å². The third-order valence-electron chi connectivity index (χ3n) is 5.13. The molecule has 0 N–H and O–H groups in total. The third-order valence-corrected chi connectivity index (χ3v) is 5.37. The van der Waals surface area contributed by atoms with E-state index in [-0.39, 0.29) is 11.8 Å². The highest BCUT2D eigenvalue weighted by Gasteiger charge is 2.37. The fourth-order valence-electron chi connectivity index (χ4n) is 3.46. The molecule has 3 aromatic carbocycles. The smallest absolute Gasteiger partial charge is 0.257 e. The fourth-order valence-corrected chi connectivity index (χ4v) is 3.65. The van der Waals surface area contributed by atoms with Gasteiger partial charge in [-0.3, -0.25) is 4.79 Å². The number of para-hydroxylation sites is 2. The van der Waals surface area contributed by atoms with Crippen LogP contribution in [0.5, 0.6) is 11.5 Å². The number of hydrogen-bond acceptors (Lipinski definition) is 5. The SMILES string of the molecule is O=C(c1ccccc1Oc1ccccc1)N1CC(c2nc(-c3cccc(Cl)c3)no2)C1. The molecule has 6 nitrogen and oxygen atoms in total. The van der Waals surface area contributed by atoms with E-state index in [0.29, 0.717) is 46.9 Å². The molecule has 0 unspecified atom stereocenters. The number of ether oxygens (including phenoxy) is 1. The molecule has 1 saturated heterocycles. The van der Waals surface area contributed by atoms with Crippen LogP contribution in [0.15, 0.2) is 83.4 Å². The Kier molecular flexibility index (Phi) is 5.14. The Morgan fingerprint density at radius 1 is 1.00 bits per heavy atom. The molecule has 154 valence electrons. The maximum Gasteiger partial charge on any atom is 0.257 e. The lowest BCUT2D eigenvalue weighted by molar-refractivity contribution is 0.0566. The van der Waals surface area contributed by atoms with Gasteiger partial charge in [-0.2, -0.15) is 4.98 Å². The standard InChI is InChI=1S/C24H18ClN3O3/c25-18-8-6-7-16(13-18)22-26-23(31-27-22)17-14-28(15-17)24(29)20-11-4-5-12-21(20)30-19-9-2-1-3-10-19/h1-13,17H,14-15H2. The van der Waals surface area contributed by atoms with Gasteiger partial charge in [-0.1, -0.05) is 59.2 Å². The van der Waals surface area contributed by atoms with E-state index in [0.717, 1.165) is 5.56 Å². The molecule has 0 spiro atoms. The van der Waals surface area contributed by atoms with Crippen LogP contribution in [0.3, 0.4) is 0 Å². The molecule has 4 aromatic rings. The number of nitrogens with zero attached hydrogens (tertiary/aromatic N) is 3. The maximum atomic E-state index is 13.0. The summed E-state index contributed by atoms with van der Waals surface area (Å²) < 4.78 is 11.4. The zero-order valence-electron chi connectivity index (χ0n) is 16.4. The number of hydrogen-bond donors (Lipinski definition) is 0. The second-order valence-electron chi connectivity index (χ2n) is 7.28. The molecular formula is C24H18ClN3O3. The van der Waals surface area contributed by atoms with Crippen molar-refractivity contribution in [1.82, 2.24) is 15.0 Å². The van der Waals surface area contributed by atoms with Crippen LogP contribution in [0.25, 0.3) is 11.4 Å². The first-order valence-electron chi connectivity index (χ1n) is 9.88. The van der Waals surface area contributed by atoms with Crippen molar-refractivity contribution >= 4 is 17.5 Å². The molecule has 1 aromatic heterocycles. The van der Waals surface area contributed by atoms with Gasteiger partial charge >= 0.3 is 0 Å². The van der Waals surface area contributed by atoms with Crippen LogP contribution in [0, 0.1) is 0 Å². The number of carbonyl (C=O) groups excluding carboxylic acids is 1. The van der Waals surface area contributed by atoms with Gasteiger partial charge in [-0.25, -0.2) is 0 Å². The summed E-state index contributed by atoms with van der Waals surface area (Å²) in [5.74, 6) is 2.15. The predicted molar refractivity (Wildman–Crippen MR) is 116 cm³/mol. The highest BCUT2D eigenvalue weighted by atomic mass is 35.5. The molecule has 1 fully saturated rings. The highest BCUT2D eigenvalue weighted by Crippen LogP contribution is 2.32. The van der Waals surface area contributed by atoms with Crippen molar-refractivity contribution in [3.05, 3.63) is 95.3 Å². The van der Waals surface area contributed by atoms with E-state index in [1.54, 1.807) is 29.2 Å². The minimum absolute atomic E-state index is 0.00610. The molecular weight excluding hydrogens is 414 g/mol. The molecule has 2 heterocycles. The number of aromatic nitrogens is 2. The Hall–Kier alpha value is -3.64. The third kappa shape index (κ3) is 4.02. The minimum atomic E-state index is -0.0858. The average molecular weight is 432 g/mol. The van der Waals surface area contributed by atoms with Crippen LogP contribution in [0.4, 0.5) is 0 Å². The van der Waals surface area contributed by atoms with Crippen molar-refractivity contribution in [3.63, 3.8) is 0 Å². The normalized spacial score (nSPS) is 13.6. The molecule has 0 atom stereocenters. The first kappa shape index (κ1) is 19.3. The van der Waals surface area contributed by atoms with E-state index in [9.17, 15) is 4.79 Å². The van der Waals surface area contributed by atoms with Crippen LogP contribution in [-0.2, 0) is 0 Å². The summed E-state index contributed by atoms with van der Waals surface area (Å²) >= 11 is 6.04. The van der Waals surface area contributed by atoms with Gasteiger partial charge in [-0.15, -0.1) is 0 Å². The van der Waals surface area contributed by atoms with E-state index in [4.69, 9.17) is 20.9 Å². The van der Waals surface area contributed by atoms with Crippen LogP contribution in [0.2, 0.25) is 5.02 Å². The van der Waals surface area contributed by atoms with Crippen molar-refractivity contribution in [2.45, 2.75) is 5.92 Å². The summed E-state index contributed by atoms with van der Waals surface area (Å²) in [6.45, 7) is 1.02. The van der Waals surface area contributed by atoms with E-state index < -0.39 is 0 Å². The van der Waals surface area contributed by atoms with Crippen molar-refractivity contribution in [2.75, 3.05) is 13.1 Å². The van der Waals surface area contributed by atoms with Gasteiger partial charge in [0.05, 0.1) is 11.5 Å². The quantitative estimate of drug-likeness (QED) is 0.422. The Balaban J connectivity index is 1.27. The number of carbonyl (C=O) groups is 1. The Labute approximate surface area is 184 Å². The molecule has 1 amide bonds. The molecule has 1 aliphatic heterocycles. The molecule has 31 heavy (non-hydrogen) atoms. The van der Waals surface area contributed by atoms with E-state index >= 15 is 0 Å². The summed E-state index contributed by atoms with van der Waals surface area (Å²) in [6, 6.07) is 24.0. The molecule has 7 heteroatoms. The topological polar surface area (TPSA) is 68.5 Å².